The van der Waals surface area contributed by atoms with Crippen molar-refractivity contribution < 1.29 is 9.90 Å². The molecule has 3 N–H and O–H groups in total. The molecule has 6 rings (SSSR count). The van der Waals surface area contributed by atoms with Crippen molar-refractivity contribution in [1.29, 1.82) is 0 Å². The molecule has 1 aromatic carbocycles. The number of rotatable bonds is 3. The fourth-order valence-corrected chi connectivity index (χ4v) is 11.9. The first-order chi connectivity index (χ1) is 17.4. The molecule has 5 aliphatic rings. The molecule has 0 bridgehead atoms. The number of carbonyl (C=O) groups is 1. The van der Waals surface area contributed by atoms with E-state index in [1.165, 1.54) is 68.9 Å². The van der Waals surface area contributed by atoms with Crippen molar-refractivity contribution >= 4 is 11.5 Å². The number of aromatic carboxylic acids is 1. The molecule has 0 heterocycles. The van der Waals surface area contributed by atoms with Crippen LogP contribution in [-0.4, -0.2) is 17.6 Å². The summed E-state index contributed by atoms with van der Waals surface area (Å²) in [5, 5.41) is 9.37. The highest BCUT2D eigenvalue weighted by Gasteiger charge is 2.69. The van der Waals surface area contributed by atoms with Crippen molar-refractivity contribution in [1.82, 2.24) is 0 Å². The minimum absolute atomic E-state index is 0.0730. The molecule has 8 atom stereocenters. The smallest absolute Gasteiger partial charge is 0.335 e. The molecular formula is C34H49NO2. The van der Waals surface area contributed by atoms with Crippen LogP contribution in [0.2, 0.25) is 0 Å². The minimum Gasteiger partial charge on any atom is -0.478 e. The van der Waals surface area contributed by atoms with E-state index in [0.717, 1.165) is 30.7 Å². The van der Waals surface area contributed by atoms with Crippen LogP contribution in [0.25, 0.3) is 5.57 Å². The lowest BCUT2D eigenvalue weighted by Crippen LogP contribution is -2.65. The number of carboxylic acid groups (broad SMARTS) is 1. The van der Waals surface area contributed by atoms with Gasteiger partial charge in [0, 0.05) is 0 Å². The van der Waals surface area contributed by atoms with Gasteiger partial charge in [0.05, 0.1) is 5.56 Å². The average molecular weight is 504 g/mol. The second kappa shape index (κ2) is 8.20. The van der Waals surface area contributed by atoms with Gasteiger partial charge in [0.25, 0.3) is 0 Å². The zero-order valence-electron chi connectivity index (χ0n) is 23.9. The van der Waals surface area contributed by atoms with Crippen LogP contribution in [0, 0.1) is 50.7 Å². The van der Waals surface area contributed by atoms with Gasteiger partial charge in [-0.3, -0.25) is 0 Å². The van der Waals surface area contributed by atoms with Gasteiger partial charge >= 0.3 is 5.97 Å². The molecule has 1 aromatic rings. The molecule has 4 saturated carbocycles. The summed E-state index contributed by atoms with van der Waals surface area (Å²) in [4.78, 5) is 11.4. The Labute approximate surface area is 224 Å². The van der Waals surface area contributed by atoms with Gasteiger partial charge in [0.15, 0.2) is 0 Å². The summed E-state index contributed by atoms with van der Waals surface area (Å²) >= 11 is 0. The molecule has 0 radical (unpaired) electrons. The van der Waals surface area contributed by atoms with Crippen molar-refractivity contribution in [3.63, 3.8) is 0 Å². The Bertz CT molecular complexity index is 1120. The molecule has 0 aromatic heterocycles. The lowest BCUT2D eigenvalue weighted by atomic mass is 9.32. The summed E-state index contributed by atoms with van der Waals surface area (Å²) in [7, 11) is 0. The standard InChI is InChI=1S/C34H49NO2/c1-30(2)24(22-8-10-23(11-9-22)29(36)37)14-17-31(3)27(30)15-18-33(5)28(31)13-12-25-26-7-6-16-34(26,21-35)20-19-32(25,33)4/h8-11,14,25-28H,6-7,12-13,15-21,35H2,1-5H3,(H,36,37)/t25-,26?,27?,28?,31+,32-,33-,34-/m1/s1. The Kier molecular flexibility index (Phi) is 5.68. The monoisotopic (exact) mass is 503 g/mol. The average Bonchev–Trinajstić information content (AvgIpc) is 3.29. The predicted molar refractivity (Wildman–Crippen MR) is 151 cm³/mol. The van der Waals surface area contributed by atoms with E-state index in [4.69, 9.17) is 5.73 Å². The Morgan fingerprint density at radius 3 is 2.27 bits per heavy atom. The fourth-order valence-electron chi connectivity index (χ4n) is 11.9. The van der Waals surface area contributed by atoms with Crippen LogP contribution >= 0.6 is 0 Å². The van der Waals surface area contributed by atoms with Gasteiger partial charge in [0.1, 0.15) is 0 Å². The van der Waals surface area contributed by atoms with Crippen LogP contribution in [0.1, 0.15) is 115 Å². The predicted octanol–water partition coefficient (Wildman–Crippen LogP) is 8.19. The summed E-state index contributed by atoms with van der Waals surface area (Å²) in [5.74, 6) is 2.26. The Hall–Kier alpha value is -1.61. The van der Waals surface area contributed by atoms with Crippen molar-refractivity contribution in [2.45, 2.75) is 98.8 Å². The van der Waals surface area contributed by atoms with E-state index in [1.54, 1.807) is 12.1 Å². The van der Waals surface area contributed by atoms with E-state index in [0.29, 0.717) is 33.1 Å². The zero-order chi connectivity index (χ0) is 26.4. The molecule has 4 fully saturated rings. The highest BCUT2D eigenvalue weighted by Crippen LogP contribution is 2.76. The molecule has 0 spiro atoms. The first-order valence-corrected chi connectivity index (χ1v) is 15.2. The van der Waals surface area contributed by atoms with E-state index < -0.39 is 5.97 Å². The quantitative estimate of drug-likeness (QED) is 0.437. The topological polar surface area (TPSA) is 63.3 Å². The van der Waals surface area contributed by atoms with Crippen molar-refractivity contribution in [2.24, 2.45) is 56.5 Å². The van der Waals surface area contributed by atoms with Crippen LogP contribution in [0.15, 0.2) is 30.3 Å². The molecule has 3 unspecified atom stereocenters. The minimum atomic E-state index is -0.851. The maximum atomic E-state index is 11.4. The SMILES string of the molecule is CC1(C)C(c2ccc(C(=O)O)cc2)=CC[C@@]2(C)C1CC[C@]1(C)C2CC[C@@H]2C3CCC[C@]3(CN)CC[C@]21C. The summed E-state index contributed by atoms with van der Waals surface area (Å²) < 4.78 is 0. The van der Waals surface area contributed by atoms with Gasteiger partial charge in [-0.25, -0.2) is 4.79 Å². The van der Waals surface area contributed by atoms with Gasteiger partial charge in [-0.15, -0.1) is 0 Å². The number of carboxylic acids is 1. The third-order valence-corrected chi connectivity index (χ3v) is 14.0. The summed E-state index contributed by atoms with van der Waals surface area (Å²) in [6.07, 6.45) is 16.0. The number of nitrogens with two attached hydrogens (primary N) is 1. The second-order valence-electron chi connectivity index (χ2n) is 15.2. The first-order valence-electron chi connectivity index (χ1n) is 15.2. The Morgan fingerprint density at radius 1 is 0.865 bits per heavy atom. The molecule has 202 valence electrons. The molecule has 0 saturated heterocycles. The van der Waals surface area contributed by atoms with Gasteiger partial charge in [0.2, 0.25) is 0 Å². The molecule has 0 aliphatic heterocycles. The Morgan fingerprint density at radius 2 is 1.59 bits per heavy atom. The van der Waals surface area contributed by atoms with Crippen LogP contribution in [-0.2, 0) is 0 Å². The number of allylic oxidation sites excluding steroid dienone is 2. The summed E-state index contributed by atoms with van der Waals surface area (Å²) in [5.41, 5.74) is 11.1. The van der Waals surface area contributed by atoms with Crippen molar-refractivity contribution in [2.75, 3.05) is 6.54 Å². The first kappa shape index (κ1) is 25.7. The lowest BCUT2D eigenvalue weighted by molar-refractivity contribution is -0.221. The maximum Gasteiger partial charge on any atom is 0.335 e. The second-order valence-corrected chi connectivity index (χ2v) is 15.2. The van der Waals surface area contributed by atoms with Crippen LogP contribution in [0.5, 0.6) is 0 Å². The molecule has 5 aliphatic carbocycles. The molecule has 3 heteroatoms. The van der Waals surface area contributed by atoms with E-state index in [2.05, 4.69) is 40.7 Å². The number of fused-ring (bicyclic) bond motifs is 7. The van der Waals surface area contributed by atoms with E-state index in [9.17, 15) is 9.90 Å². The zero-order valence-corrected chi connectivity index (χ0v) is 23.9. The maximum absolute atomic E-state index is 11.4. The molecule has 37 heavy (non-hydrogen) atoms. The third kappa shape index (κ3) is 3.25. The normalized spacial score (nSPS) is 46.2. The highest BCUT2D eigenvalue weighted by atomic mass is 16.4. The van der Waals surface area contributed by atoms with Crippen LogP contribution in [0.3, 0.4) is 0 Å². The van der Waals surface area contributed by atoms with Gasteiger partial charge in [-0.1, -0.05) is 59.2 Å². The molecule has 3 nitrogen and oxygen atoms in total. The summed E-state index contributed by atoms with van der Waals surface area (Å²) in [6, 6.07) is 7.62. The fraction of sp³-hybridized carbons (Fsp3) is 0.735. The van der Waals surface area contributed by atoms with Gasteiger partial charge < -0.3 is 10.8 Å². The highest BCUT2D eigenvalue weighted by molar-refractivity contribution is 5.88. The van der Waals surface area contributed by atoms with E-state index >= 15 is 0 Å². The van der Waals surface area contributed by atoms with Crippen LogP contribution < -0.4 is 5.73 Å². The largest absolute Gasteiger partial charge is 0.478 e. The summed E-state index contributed by atoms with van der Waals surface area (Å²) in [6.45, 7) is 13.9. The Balaban J connectivity index is 1.35. The molecular weight excluding hydrogens is 454 g/mol. The van der Waals surface area contributed by atoms with Crippen LogP contribution in [0.4, 0.5) is 0 Å². The number of benzene rings is 1. The van der Waals surface area contributed by atoms with Crippen molar-refractivity contribution in [3.05, 3.63) is 41.5 Å². The van der Waals surface area contributed by atoms with Gasteiger partial charge in [-0.05, 0) is 138 Å². The third-order valence-electron chi connectivity index (χ3n) is 14.0. The number of hydrogen-bond acceptors (Lipinski definition) is 2. The van der Waals surface area contributed by atoms with E-state index in [1.807, 2.05) is 12.1 Å². The van der Waals surface area contributed by atoms with Crippen molar-refractivity contribution in [3.8, 4) is 0 Å². The van der Waals surface area contributed by atoms with E-state index in [-0.39, 0.29) is 5.41 Å². The van der Waals surface area contributed by atoms with Gasteiger partial charge in [-0.2, -0.15) is 0 Å². The number of hydrogen-bond donors (Lipinski definition) is 2. The lowest BCUT2D eigenvalue weighted by Gasteiger charge is -2.72. The molecule has 0 amide bonds.